The first-order chi connectivity index (χ1) is 16.5. The molecule has 170 valence electrons. The highest BCUT2D eigenvalue weighted by atomic mass is 16.5. The first kappa shape index (κ1) is 22.5. The molecule has 4 aromatic carbocycles. The normalized spacial score (nSPS) is 10.9. The van der Waals surface area contributed by atoms with Gasteiger partial charge in [0.15, 0.2) is 0 Å². The third-order valence-electron chi connectivity index (χ3n) is 5.02. The number of benzene rings is 4. The zero-order valence-corrected chi connectivity index (χ0v) is 18.4. The van der Waals surface area contributed by atoms with Gasteiger partial charge in [-0.25, -0.2) is 10.2 Å². The van der Waals surface area contributed by atoms with Crippen molar-refractivity contribution >= 4 is 28.9 Å². The Hall–Kier alpha value is -4.65. The quantitative estimate of drug-likeness (QED) is 0.179. The van der Waals surface area contributed by atoms with Gasteiger partial charge in [0.1, 0.15) is 17.2 Å². The first-order valence-electron chi connectivity index (χ1n) is 10.6. The smallest absolute Gasteiger partial charge is 0.343 e. The van der Waals surface area contributed by atoms with Gasteiger partial charge in [-0.15, -0.1) is 0 Å². The van der Waals surface area contributed by atoms with Gasteiger partial charge in [-0.3, -0.25) is 4.79 Å². The second-order valence-corrected chi connectivity index (χ2v) is 7.29. The van der Waals surface area contributed by atoms with Gasteiger partial charge in [0.25, 0.3) is 5.91 Å². The SMILES string of the molecule is CCOc1ccc(C(=O)Oc2ccc3ccccc3c2/C=N/NC(=O)c2ccc(O)cc2)cc1. The largest absolute Gasteiger partial charge is 0.508 e. The van der Waals surface area contributed by atoms with E-state index in [0.717, 1.165) is 10.8 Å². The lowest BCUT2D eigenvalue weighted by Gasteiger charge is -2.11. The average Bonchev–Trinajstić information content (AvgIpc) is 2.86. The molecule has 0 bridgehead atoms. The minimum absolute atomic E-state index is 0.0646. The van der Waals surface area contributed by atoms with Crippen molar-refractivity contribution in [2.24, 2.45) is 5.10 Å². The molecule has 0 unspecified atom stereocenters. The van der Waals surface area contributed by atoms with E-state index in [1.54, 1.807) is 30.3 Å². The number of phenols is 1. The van der Waals surface area contributed by atoms with Crippen LogP contribution in [-0.2, 0) is 0 Å². The van der Waals surface area contributed by atoms with Gasteiger partial charge in [0, 0.05) is 11.1 Å². The molecule has 0 saturated carbocycles. The summed E-state index contributed by atoms with van der Waals surface area (Å²) in [7, 11) is 0. The summed E-state index contributed by atoms with van der Waals surface area (Å²) in [6, 6.07) is 23.6. The number of phenolic OH excluding ortho intramolecular Hbond substituents is 1. The lowest BCUT2D eigenvalue weighted by molar-refractivity contribution is 0.0734. The number of carbonyl (C=O) groups excluding carboxylic acids is 2. The molecule has 0 spiro atoms. The minimum Gasteiger partial charge on any atom is -0.508 e. The molecule has 7 heteroatoms. The van der Waals surface area contributed by atoms with Crippen molar-refractivity contribution in [1.29, 1.82) is 0 Å². The topological polar surface area (TPSA) is 97.2 Å². The predicted octanol–water partition coefficient (Wildman–Crippen LogP) is 4.93. The van der Waals surface area contributed by atoms with Gasteiger partial charge in [-0.05, 0) is 72.3 Å². The molecular weight excluding hydrogens is 432 g/mol. The van der Waals surface area contributed by atoms with Crippen molar-refractivity contribution in [2.75, 3.05) is 6.61 Å². The maximum Gasteiger partial charge on any atom is 0.343 e. The molecule has 0 aliphatic rings. The molecule has 4 rings (SSSR count). The maximum absolute atomic E-state index is 12.8. The Balaban J connectivity index is 1.58. The molecule has 0 radical (unpaired) electrons. The summed E-state index contributed by atoms with van der Waals surface area (Å²) in [5.41, 5.74) is 3.72. The van der Waals surface area contributed by atoms with Crippen LogP contribution in [0.5, 0.6) is 17.2 Å². The molecule has 0 saturated heterocycles. The summed E-state index contributed by atoms with van der Waals surface area (Å²) >= 11 is 0. The fourth-order valence-corrected chi connectivity index (χ4v) is 3.34. The molecule has 0 fully saturated rings. The number of nitrogens with zero attached hydrogens (tertiary/aromatic N) is 1. The van der Waals surface area contributed by atoms with Crippen LogP contribution in [0, 0.1) is 0 Å². The van der Waals surface area contributed by atoms with E-state index < -0.39 is 11.9 Å². The summed E-state index contributed by atoms with van der Waals surface area (Å²) in [5, 5.41) is 15.2. The van der Waals surface area contributed by atoms with Crippen LogP contribution < -0.4 is 14.9 Å². The molecule has 0 aliphatic heterocycles. The third-order valence-corrected chi connectivity index (χ3v) is 5.02. The highest BCUT2D eigenvalue weighted by Crippen LogP contribution is 2.27. The number of carbonyl (C=O) groups is 2. The number of esters is 1. The van der Waals surface area contributed by atoms with Crippen molar-refractivity contribution in [2.45, 2.75) is 6.92 Å². The van der Waals surface area contributed by atoms with Gasteiger partial charge in [0.2, 0.25) is 0 Å². The van der Waals surface area contributed by atoms with E-state index >= 15 is 0 Å². The van der Waals surface area contributed by atoms with Crippen molar-refractivity contribution in [3.8, 4) is 17.2 Å². The van der Waals surface area contributed by atoms with Crippen molar-refractivity contribution < 1.29 is 24.2 Å². The monoisotopic (exact) mass is 454 g/mol. The number of hydrogen-bond donors (Lipinski definition) is 2. The van der Waals surface area contributed by atoms with E-state index in [9.17, 15) is 14.7 Å². The molecule has 34 heavy (non-hydrogen) atoms. The van der Waals surface area contributed by atoms with Crippen LogP contribution >= 0.6 is 0 Å². The van der Waals surface area contributed by atoms with Crippen LogP contribution in [-0.4, -0.2) is 29.8 Å². The zero-order chi connectivity index (χ0) is 23.9. The number of amides is 1. The summed E-state index contributed by atoms with van der Waals surface area (Å²) in [6.45, 7) is 2.42. The Morgan fingerprint density at radius 2 is 1.62 bits per heavy atom. The van der Waals surface area contributed by atoms with Crippen LogP contribution in [0.15, 0.2) is 90.0 Å². The van der Waals surface area contributed by atoms with Crippen molar-refractivity contribution in [3.05, 3.63) is 102 Å². The first-order valence-corrected chi connectivity index (χ1v) is 10.6. The van der Waals surface area contributed by atoms with Gasteiger partial charge < -0.3 is 14.6 Å². The number of ether oxygens (including phenoxy) is 2. The zero-order valence-electron chi connectivity index (χ0n) is 18.4. The second kappa shape index (κ2) is 10.3. The van der Waals surface area contributed by atoms with E-state index in [1.165, 1.54) is 30.5 Å². The molecule has 4 aromatic rings. The fraction of sp³-hybridized carbons (Fsp3) is 0.0741. The number of fused-ring (bicyclic) bond motifs is 1. The average molecular weight is 454 g/mol. The summed E-state index contributed by atoms with van der Waals surface area (Å²) in [6.07, 6.45) is 1.45. The Morgan fingerprint density at radius 1 is 0.912 bits per heavy atom. The predicted molar refractivity (Wildman–Crippen MR) is 130 cm³/mol. The molecule has 0 aliphatic carbocycles. The second-order valence-electron chi connectivity index (χ2n) is 7.29. The van der Waals surface area contributed by atoms with Gasteiger partial charge in [-0.2, -0.15) is 5.10 Å². The Morgan fingerprint density at radius 3 is 2.35 bits per heavy atom. The van der Waals surface area contributed by atoms with E-state index in [1.807, 2.05) is 37.3 Å². The third kappa shape index (κ3) is 5.21. The summed E-state index contributed by atoms with van der Waals surface area (Å²) in [5.74, 6) is 0.0717. The molecule has 7 nitrogen and oxygen atoms in total. The van der Waals surface area contributed by atoms with E-state index in [0.29, 0.717) is 34.8 Å². The molecular formula is C27H22N2O5. The number of aromatic hydroxyl groups is 1. The van der Waals surface area contributed by atoms with E-state index in [4.69, 9.17) is 9.47 Å². The van der Waals surface area contributed by atoms with Crippen LogP contribution in [0.1, 0.15) is 33.2 Å². The number of nitrogens with one attached hydrogen (secondary N) is 1. The minimum atomic E-state index is -0.527. The highest BCUT2D eigenvalue weighted by Gasteiger charge is 2.14. The van der Waals surface area contributed by atoms with Crippen LogP contribution in [0.2, 0.25) is 0 Å². The lowest BCUT2D eigenvalue weighted by Crippen LogP contribution is -2.17. The van der Waals surface area contributed by atoms with E-state index in [-0.39, 0.29) is 5.75 Å². The highest BCUT2D eigenvalue weighted by molar-refractivity contribution is 6.04. The van der Waals surface area contributed by atoms with Gasteiger partial charge in [-0.1, -0.05) is 30.3 Å². The number of hydrogen-bond acceptors (Lipinski definition) is 6. The molecule has 2 N–H and O–H groups in total. The van der Waals surface area contributed by atoms with Crippen LogP contribution in [0.3, 0.4) is 0 Å². The summed E-state index contributed by atoms with van der Waals surface area (Å²) < 4.78 is 11.1. The van der Waals surface area contributed by atoms with Crippen molar-refractivity contribution in [3.63, 3.8) is 0 Å². The molecule has 0 atom stereocenters. The van der Waals surface area contributed by atoms with Crippen LogP contribution in [0.25, 0.3) is 10.8 Å². The Bertz CT molecular complexity index is 1350. The molecule has 0 aromatic heterocycles. The Kier molecular flexibility index (Phi) is 6.84. The van der Waals surface area contributed by atoms with Gasteiger partial charge in [0.05, 0.1) is 18.4 Å². The van der Waals surface area contributed by atoms with Crippen LogP contribution in [0.4, 0.5) is 0 Å². The molecule has 0 heterocycles. The Labute approximate surface area is 196 Å². The van der Waals surface area contributed by atoms with E-state index in [2.05, 4.69) is 10.5 Å². The number of rotatable bonds is 7. The van der Waals surface area contributed by atoms with Crippen molar-refractivity contribution in [1.82, 2.24) is 5.43 Å². The fourth-order valence-electron chi connectivity index (χ4n) is 3.34. The standard InChI is InChI=1S/C27H22N2O5/c1-2-33-22-14-9-20(10-15-22)27(32)34-25-16-11-18-5-3-4-6-23(18)24(25)17-28-29-26(31)19-7-12-21(30)13-8-19/h3-17,30H,2H2,1H3,(H,29,31)/b28-17+. The molecule has 1 amide bonds. The maximum atomic E-state index is 12.8. The number of hydrazone groups is 1. The lowest BCUT2D eigenvalue weighted by atomic mass is 10.0. The van der Waals surface area contributed by atoms with Gasteiger partial charge >= 0.3 is 5.97 Å². The summed E-state index contributed by atoms with van der Waals surface area (Å²) in [4.78, 5) is 25.1.